The molecule has 0 saturated heterocycles. The standard InChI is InChI=1S/C40H73O10P/c1-3-5-7-9-11-13-15-17-18-19-20-22-24-26-28-30-32-40(44)50-38(36-49-51(45,46)48-34-37(42)33-41)35-47-39(43)31-29-27-25-23-21-16-14-12-10-8-6-4-2/h12-15,18-19,37-38,41-42H,3-11,16-17,20-36H2,1-2H3,(H,45,46)/b14-12-,15-13-,19-18-. The van der Waals surface area contributed by atoms with Gasteiger partial charge in [-0.2, -0.15) is 0 Å². The van der Waals surface area contributed by atoms with E-state index in [-0.39, 0.29) is 19.4 Å². The van der Waals surface area contributed by atoms with E-state index in [0.717, 1.165) is 77.0 Å². The molecule has 0 spiro atoms. The van der Waals surface area contributed by atoms with Crippen LogP contribution in [0.15, 0.2) is 36.5 Å². The monoisotopic (exact) mass is 744 g/mol. The van der Waals surface area contributed by atoms with Crippen LogP contribution in [0.1, 0.15) is 168 Å². The number of aliphatic hydroxyl groups is 2. The maximum atomic E-state index is 12.6. The smallest absolute Gasteiger partial charge is 0.462 e. The van der Waals surface area contributed by atoms with Crippen molar-refractivity contribution in [1.82, 2.24) is 0 Å². The summed E-state index contributed by atoms with van der Waals surface area (Å²) in [5, 5.41) is 18.3. The minimum atomic E-state index is -4.62. The summed E-state index contributed by atoms with van der Waals surface area (Å²) in [6.45, 7) is 2.30. The molecule has 0 fully saturated rings. The van der Waals surface area contributed by atoms with Crippen LogP contribution >= 0.6 is 7.82 Å². The van der Waals surface area contributed by atoms with Gasteiger partial charge in [0.2, 0.25) is 0 Å². The second-order valence-electron chi connectivity index (χ2n) is 13.3. The maximum Gasteiger partial charge on any atom is 0.472 e. The number of phosphoric ester groups is 1. The van der Waals surface area contributed by atoms with Crippen molar-refractivity contribution in [1.29, 1.82) is 0 Å². The molecule has 0 amide bonds. The molecule has 0 saturated carbocycles. The Morgan fingerprint density at radius 1 is 0.588 bits per heavy atom. The van der Waals surface area contributed by atoms with Gasteiger partial charge in [-0.1, -0.05) is 121 Å². The number of hydrogen-bond donors (Lipinski definition) is 3. The first-order chi connectivity index (χ1) is 24.7. The van der Waals surface area contributed by atoms with Gasteiger partial charge in [-0.25, -0.2) is 4.57 Å². The number of ether oxygens (including phenoxy) is 2. The molecule has 0 bridgehead atoms. The highest BCUT2D eigenvalue weighted by Gasteiger charge is 2.27. The van der Waals surface area contributed by atoms with Crippen molar-refractivity contribution >= 4 is 19.8 Å². The van der Waals surface area contributed by atoms with Crippen molar-refractivity contribution < 1.29 is 47.8 Å². The van der Waals surface area contributed by atoms with Crippen molar-refractivity contribution in [2.45, 2.75) is 180 Å². The zero-order valence-electron chi connectivity index (χ0n) is 32.1. The lowest BCUT2D eigenvalue weighted by atomic mass is 10.1. The quantitative estimate of drug-likeness (QED) is 0.0243. The minimum absolute atomic E-state index is 0.166. The fraction of sp³-hybridized carbons (Fsp3) is 0.800. The zero-order valence-corrected chi connectivity index (χ0v) is 33.0. The highest BCUT2D eigenvalue weighted by molar-refractivity contribution is 7.47. The fourth-order valence-electron chi connectivity index (χ4n) is 5.13. The van der Waals surface area contributed by atoms with Crippen LogP contribution in [0.4, 0.5) is 0 Å². The third kappa shape index (κ3) is 36.3. The van der Waals surface area contributed by atoms with Gasteiger partial charge in [0.1, 0.15) is 12.7 Å². The predicted molar refractivity (Wildman–Crippen MR) is 205 cm³/mol. The molecule has 0 heterocycles. The highest BCUT2D eigenvalue weighted by atomic mass is 31.2. The van der Waals surface area contributed by atoms with Gasteiger partial charge in [0.25, 0.3) is 0 Å². The first kappa shape index (κ1) is 49.2. The van der Waals surface area contributed by atoms with Crippen molar-refractivity contribution in [2.24, 2.45) is 0 Å². The number of phosphoric acid groups is 1. The Morgan fingerprint density at radius 2 is 1.02 bits per heavy atom. The molecule has 0 aliphatic carbocycles. The van der Waals surface area contributed by atoms with Crippen LogP contribution in [-0.2, 0) is 32.7 Å². The Hall–Kier alpha value is -1.81. The van der Waals surface area contributed by atoms with Crippen LogP contribution in [0.2, 0.25) is 0 Å². The number of carbonyl (C=O) groups is 2. The molecule has 11 heteroatoms. The van der Waals surface area contributed by atoms with Crippen LogP contribution in [0.3, 0.4) is 0 Å². The Labute approximate surface area is 310 Å². The van der Waals surface area contributed by atoms with Gasteiger partial charge in [-0.05, 0) is 70.6 Å². The number of esters is 2. The van der Waals surface area contributed by atoms with Crippen LogP contribution < -0.4 is 0 Å². The summed E-state index contributed by atoms with van der Waals surface area (Å²) in [5.41, 5.74) is 0. The molecule has 3 atom stereocenters. The molecule has 3 N–H and O–H groups in total. The summed E-state index contributed by atoms with van der Waals surface area (Å²) < 4.78 is 32.6. The van der Waals surface area contributed by atoms with Gasteiger partial charge >= 0.3 is 19.8 Å². The molecule has 298 valence electrons. The first-order valence-electron chi connectivity index (χ1n) is 19.9. The minimum Gasteiger partial charge on any atom is -0.462 e. The molecular weight excluding hydrogens is 671 g/mol. The van der Waals surface area contributed by atoms with E-state index in [1.54, 1.807) is 0 Å². The molecule has 0 aromatic heterocycles. The molecule has 10 nitrogen and oxygen atoms in total. The molecule has 0 aliphatic rings. The Balaban J connectivity index is 4.39. The summed E-state index contributed by atoms with van der Waals surface area (Å²) >= 11 is 0. The molecule has 0 rings (SSSR count). The molecule has 0 radical (unpaired) electrons. The summed E-state index contributed by atoms with van der Waals surface area (Å²) in [7, 11) is -4.62. The lowest BCUT2D eigenvalue weighted by molar-refractivity contribution is -0.161. The van der Waals surface area contributed by atoms with Gasteiger partial charge in [-0.15, -0.1) is 0 Å². The van der Waals surface area contributed by atoms with E-state index < -0.39 is 51.8 Å². The summed E-state index contributed by atoms with van der Waals surface area (Å²) in [6, 6.07) is 0. The van der Waals surface area contributed by atoms with Crippen LogP contribution in [0, 0.1) is 0 Å². The SMILES string of the molecule is CCCCC/C=C\CCCCCCCC(=O)OCC(COP(=O)(O)OCC(O)CO)OC(=O)CCCCCCC/C=C\C/C=C\CCCCCC. The lowest BCUT2D eigenvalue weighted by Gasteiger charge is -2.20. The van der Waals surface area contributed by atoms with E-state index in [0.29, 0.717) is 12.8 Å². The normalized spacial score (nSPS) is 14.4. The summed E-state index contributed by atoms with van der Waals surface area (Å²) in [6.07, 6.45) is 35.4. The van der Waals surface area contributed by atoms with E-state index in [2.05, 4.69) is 54.8 Å². The Bertz CT molecular complexity index is 952. The van der Waals surface area contributed by atoms with Crippen molar-refractivity contribution in [3.05, 3.63) is 36.5 Å². The third-order valence-corrected chi connectivity index (χ3v) is 9.22. The van der Waals surface area contributed by atoms with Crippen molar-refractivity contribution in [3.8, 4) is 0 Å². The Morgan fingerprint density at radius 3 is 1.57 bits per heavy atom. The van der Waals surface area contributed by atoms with Gasteiger partial charge < -0.3 is 24.6 Å². The third-order valence-electron chi connectivity index (χ3n) is 8.27. The van der Waals surface area contributed by atoms with Crippen molar-refractivity contribution in [3.63, 3.8) is 0 Å². The lowest BCUT2D eigenvalue weighted by Crippen LogP contribution is -2.29. The van der Waals surface area contributed by atoms with Gasteiger partial charge in [0.05, 0.1) is 19.8 Å². The fourth-order valence-corrected chi connectivity index (χ4v) is 5.92. The molecular formula is C40H73O10P. The summed E-state index contributed by atoms with van der Waals surface area (Å²) in [5.74, 6) is -0.953. The topological polar surface area (TPSA) is 149 Å². The van der Waals surface area contributed by atoms with Gasteiger partial charge in [0, 0.05) is 12.8 Å². The number of allylic oxidation sites excluding steroid dienone is 6. The second-order valence-corrected chi connectivity index (χ2v) is 14.8. The van der Waals surface area contributed by atoms with Crippen molar-refractivity contribution in [2.75, 3.05) is 26.4 Å². The second kappa shape index (κ2) is 36.5. The average molecular weight is 745 g/mol. The van der Waals surface area contributed by atoms with E-state index in [4.69, 9.17) is 19.1 Å². The molecule has 0 aliphatic heterocycles. The average Bonchev–Trinajstić information content (AvgIpc) is 3.12. The highest BCUT2D eigenvalue weighted by Crippen LogP contribution is 2.43. The maximum absolute atomic E-state index is 12.6. The van der Waals surface area contributed by atoms with Crippen LogP contribution in [0.25, 0.3) is 0 Å². The van der Waals surface area contributed by atoms with Crippen LogP contribution in [-0.4, -0.2) is 65.7 Å². The van der Waals surface area contributed by atoms with E-state index in [1.807, 2.05) is 0 Å². The number of carbonyl (C=O) groups excluding carboxylic acids is 2. The molecule has 3 unspecified atom stereocenters. The van der Waals surface area contributed by atoms with Gasteiger partial charge in [0.15, 0.2) is 6.10 Å². The predicted octanol–water partition coefficient (Wildman–Crippen LogP) is 10.00. The van der Waals surface area contributed by atoms with E-state index in [9.17, 15) is 24.2 Å². The zero-order chi connectivity index (χ0) is 37.7. The van der Waals surface area contributed by atoms with E-state index >= 15 is 0 Å². The molecule has 0 aromatic rings. The van der Waals surface area contributed by atoms with E-state index in [1.165, 1.54) is 51.4 Å². The van der Waals surface area contributed by atoms with Crippen LogP contribution in [0.5, 0.6) is 0 Å². The summed E-state index contributed by atoms with van der Waals surface area (Å²) in [4.78, 5) is 34.8. The Kier molecular flexibility index (Phi) is 35.2. The van der Waals surface area contributed by atoms with Gasteiger partial charge in [-0.3, -0.25) is 18.6 Å². The first-order valence-corrected chi connectivity index (χ1v) is 21.4. The largest absolute Gasteiger partial charge is 0.472 e. The number of rotatable bonds is 37. The molecule has 0 aromatic carbocycles. The number of unbranched alkanes of at least 4 members (excludes halogenated alkanes) is 17. The number of hydrogen-bond acceptors (Lipinski definition) is 9. The number of aliphatic hydroxyl groups excluding tert-OH is 2. The molecule has 51 heavy (non-hydrogen) atoms.